The van der Waals surface area contributed by atoms with Gasteiger partial charge in [0.15, 0.2) is 11.5 Å². The molecule has 0 aliphatic carbocycles. The number of methoxy groups -OCH3 is 2. The van der Waals surface area contributed by atoms with Crippen LogP contribution in [0, 0.1) is 12.3 Å². The standard InChI is InChI=1S/C28H42N2O4S/c1-8-9-15-29(26(31)18-28(3,4)5)20-27(32)30(19-23-12-10-21(2)35-23)16-14-22-11-13-24(33-6)25(17-22)34-7/h10-13,17H,8-9,14-16,18-20H2,1-7H3. The number of ether oxygens (including phenoxy) is 2. The molecule has 6 nitrogen and oxygen atoms in total. The van der Waals surface area contributed by atoms with Gasteiger partial charge in [0.25, 0.3) is 0 Å². The second kappa shape index (κ2) is 13.5. The molecule has 1 aromatic carbocycles. The molecule has 2 rings (SSSR count). The molecule has 0 atom stereocenters. The van der Waals surface area contributed by atoms with E-state index in [4.69, 9.17) is 9.47 Å². The summed E-state index contributed by atoms with van der Waals surface area (Å²) in [6.07, 6.45) is 2.98. The van der Waals surface area contributed by atoms with Crippen LogP contribution in [0.1, 0.15) is 62.3 Å². The smallest absolute Gasteiger partial charge is 0.242 e. The highest BCUT2D eigenvalue weighted by atomic mass is 32.1. The molecule has 1 heterocycles. The molecule has 0 saturated carbocycles. The van der Waals surface area contributed by atoms with Gasteiger partial charge in [-0.1, -0.05) is 40.2 Å². The molecule has 0 fully saturated rings. The average molecular weight is 503 g/mol. The van der Waals surface area contributed by atoms with E-state index in [-0.39, 0.29) is 23.8 Å². The Morgan fingerprint density at radius 1 is 0.943 bits per heavy atom. The molecule has 0 saturated heterocycles. The van der Waals surface area contributed by atoms with Crippen molar-refractivity contribution < 1.29 is 19.1 Å². The fraction of sp³-hybridized carbons (Fsp3) is 0.571. The molecule has 1 aromatic heterocycles. The molecular weight excluding hydrogens is 460 g/mol. The Morgan fingerprint density at radius 2 is 1.66 bits per heavy atom. The van der Waals surface area contributed by atoms with E-state index >= 15 is 0 Å². The highest BCUT2D eigenvalue weighted by molar-refractivity contribution is 7.11. The van der Waals surface area contributed by atoms with E-state index in [2.05, 4.69) is 46.8 Å². The first kappa shape index (κ1) is 28.7. The van der Waals surface area contributed by atoms with Crippen molar-refractivity contribution in [2.45, 2.75) is 66.8 Å². The highest BCUT2D eigenvalue weighted by Crippen LogP contribution is 2.28. The molecular formula is C28H42N2O4S. The fourth-order valence-electron chi connectivity index (χ4n) is 3.82. The lowest BCUT2D eigenvalue weighted by Gasteiger charge is -2.29. The van der Waals surface area contributed by atoms with E-state index in [9.17, 15) is 9.59 Å². The van der Waals surface area contributed by atoms with Crippen LogP contribution in [0.2, 0.25) is 0 Å². The van der Waals surface area contributed by atoms with Crippen molar-refractivity contribution in [3.8, 4) is 11.5 Å². The van der Waals surface area contributed by atoms with Crippen LogP contribution in [0.15, 0.2) is 30.3 Å². The normalized spacial score (nSPS) is 11.3. The Balaban J connectivity index is 2.19. The maximum Gasteiger partial charge on any atom is 0.242 e. The minimum absolute atomic E-state index is 0.0186. The van der Waals surface area contributed by atoms with Crippen LogP contribution >= 0.6 is 11.3 Å². The molecule has 2 aromatic rings. The zero-order valence-corrected chi connectivity index (χ0v) is 23.3. The van der Waals surface area contributed by atoms with E-state index in [1.165, 1.54) is 4.88 Å². The van der Waals surface area contributed by atoms with Crippen molar-refractivity contribution in [1.29, 1.82) is 0 Å². The third-order valence-corrected chi connectivity index (χ3v) is 6.74. The van der Waals surface area contributed by atoms with Crippen LogP contribution in [0.5, 0.6) is 11.5 Å². The lowest BCUT2D eigenvalue weighted by Crippen LogP contribution is -2.44. The molecule has 0 aliphatic rings. The summed E-state index contributed by atoms with van der Waals surface area (Å²) in [6.45, 7) is 12.2. The Bertz CT molecular complexity index is 964. The van der Waals surface area contributed by atoms with E-state index in [0.29, 0.717) is 44.0 Å². The third-order valence-electron chi connectivity index (χ3n) is 5.76. The van der Waals surface area contributed by atoms with Crippen molar-refractivity contribution in [2.24, 2.45) is 5.41 Å². The SMILES string of the molecule is CCCCN(CC(=O)N(CCc1ccc(OC)c(OC)c1)Cc1ccc(C)s1)C(=O)CC(C)(C)C. The Morgan fingerprint density at radius 3 is 2.23 bits per heavy atom. The minimum atomic E-state index is -0.119. The molecule has 0 N–H and O–H groups in total. The van der Waals surface area contributed by atoms with E-state index in [0.717, 1.165) is 23.3 Å². The lowest BCUT2D eigenvalue weighted by atomic mass is 9.91. The number of aryl methyl sites for hydroxylation is 1. The Kier molecular flexibility index (Phi) is 11.1. The number of thiophene rings is 1. The fourth-order valence-corrected chi connectivity index (χ4v) is 4.73. The van der Waals surface area contributed by atoms with Gasteiger partial charge < -0.3 is 19.3 Å². The first-order valence-electron chi connectivity index (χ1n) is 12.4. The van der Waals surface area contributed by atoms with Crippen LogP contribution in [-0.2, 0) is 22.6 Å². The molecule has 0 bridgehead atoms. The van der Waals surface area contributed by atoms with Gasteiger partial charge in [-0.15, -0.1) is 11.3 Å². The summed E-state index contributed by atoms with van der Waals surface area (Å²) in [5.74, 6) is 1.39. The van der Waals surface area contributed by atoms with Gasteiger partial charge in [0.05, 0.1) is 27.3 Å². The summed E-state index contributed by atoms with van der Waals surface area (Å²) in [5.41, 5.74) is 0.945. The molecule has 0 aliphatic heterocycles. The van der Waals surface area contributed by atoms with Gasteiger partial charge in [0, 0.05) is 29.3 Å². The highest BCUT2D eigenvalue weighted by Gasteiger charge is 2.25. The van der Waals surface area contributed by atoms with Gasteiger partial charge in [-0.2, -0.15) is 0 Å². The summed E-state index contributed by atoms with van der Waals surface area (Å²) < 4.78 is 10.8. The number of benzene rings is 1. The van der Waals surface area contributed by atoms with Crippen LogP contribution < -0.4 is 9.47 Å². The Labute approximate surface area is 215 Å². The van der Waals surface area contributed by atoms with Crippen molar-refractivity contribution in [3.63, 3.8) is 0 Å². The largest absolute Gasteiger partial charge is 0.493 e. The molecule has 35 heavy (non-hydrogen) atoms. The monoisotopic (exact) mass is 502 g/mol. The first-order valence-corrected chi connectivity index (χ1v) is 13.2. The maximum atomic E-state index is 13.5. The quantitative estimate of drug-likeness (QED) is 0.352. The predicted octanol–water partition coefficient (Wildman–Crippen LogP) is 5.71. The second-order valence-corrected chi connectivity index (χ2v) is 11.5. The zero-order valence-electron chi connectivity index (χ0n) is 22.5. The molecule has 2 amide bonds. The minimum Gasteiger partial charge on any atom is -0.493 e. The van der Waals surface area contributed by atoms with Crippen LogP contribution in [-0.4, -0.2) is 55.5 Å². The van der Waals surface area contributed by atoms with Crippen molar-refractivity contribution in [2.75, 3.05) is 33.9 Å². The number of rotatable bonds is 13. The number of nitrogens with zero attached hydrogens (tertiary/aromatic N) is 2. The van der Waals surface area contributed by atoms with Gasteiger partial charge in [0.2, 0.25) is 11.8 Å². The van der Waals surface area contributed by atoms with Crippen molar-refractivity contribution in [3.05, 3.63) is 45.6 Å². The molecule has 7 heteroatoms. The zero-order chi connectivity index (χ0) is 26.0. The van der Waals surface area contributed by atoms with Gasteiger partial charge >= 0.3 is 0 Å². The molecule has 0 spiro atoms. The number of hydrogen-bond acceptors (Lipinski definition) is 5. The second-order valence-electron chi connectivity index (χ2n) is 10.2. The number of hydrogen-bond donors (Lipinski definition) is 0. The lowest BCUT2D eigenvalue weighted by molar-refractivity contribution is -0.142. The van der Waals surface area contributed by atoms with Crippen LogP contribution in [0.4, 0.5) is 0 Å². The maximum absolute atomic E-state index is 13.5. The Hall–Kier alpha value is -2.54. The van der Waals surface area contributed by atoms with Gasteiger partial charge in [-0.25, -0.2) is 0 Å². The van der Waals surface area contributed by atoms with Crippen LogP contribution in [0.25, 0.3) is 0 Å². The summed E-state index contributed by atoms with van der Waals surface area (Å²) in [5, 5.41) is 0. The van der Waals surface area contributed by atoms with Crippen LogP contribution in [0.3, 0.4) is 0 Å². The number of carbonyl (C=O) groups excluding carboxylic acids is 2. The van der Waals surface area contributed by atoms with Gasteiger partial charge in [-0.3, -0.25) is 9.59 Å². The number of carbonyl (C=O) groups is 2. The average Bonchev–Trinajstić information content (AvgIpc) is 3.22. The van der Waals surface area contributed by atoms with Crippen molar-refractivity contribution >= 4 is 23.2 Å². The number of amides is 2. The third kappa shape index (κ3) is 9.55. The van der Waals surface area contributed by atoms with E-state index in [1.54, 1.807) is 30.5 Å². The predicted molar refractivity (Wildman–Crippen MR) is 143 cm³/mol. The van der Waals surface area contributed by atoms with Crippen molar-refractivity contribution in [1.82, 2.24) is 9.80 Å². The van der Waals surface area contributed by atoms with E-state index < -0.39 is 0 Å². The first-order chi connectivity index (χ1) is 16.6. The summed E-state index contributed by atoms with van der Waals surface area (Å²) in [7, 11) is 3.24. The molecule has 0 unspecified atom stereocenters. The van der Waals surface area contributed by atoms with Gasteiger partial charge in [-0.05, 0) is 55.0 Å². The summed E-state index contributed by atoms with van der Waals surface area (Å²) in [6, 6.07) is 10.0. The van der Waals surface area contributed by atoms with Gasteiger partial charge in [0.1, 0.15) is 0 Å². The topological polar surface area (TPSA) is 59.1 Å². The number of unbranched alkanes of at least 4 members (excludes halogenated alkanes) is 1. The van der Waals surface area contributed by atoms with E-state index in [1.807, 2.05) is 23.1 Å². The summed E-state index contributed by atoms with van der Waals surface area (Å²) in [4.78, 5) is 32.6. The molecule has 194 valence electrons. The molecule has 0 radical (unpaired) electrons. The summed E-state index contributed by atoms with van der Waals surface area (Å²) >= 11 is 1.70.